The number of nitrogens with zero attached hydrogens (tertiary/aromatic N) is 3. The van der Waals surface area contributed by atoms with Crippen molar-refractivity contribution < 1.29 is 17.9 Å². The largest absolute Gasteiger partial charge is 0.379 e. The molecule has 2 aromatic rings. The molecule has 1 aliphatic heterocycles. The van der Waals surface area contributed by atoms with Crippen molar-refractivity contribution in [2.24, 2.45) is 0 Å². The number of hydrogen-bond acceptors (Lipinski definition) is 7. The smallest absolute Gasteiger partial charge is 0.243 e. The Kier molecular flexibility index (Phi) is 7.12. The molecule has 0 radical (unpaired) electrons. The van der Waals surface area contributed by atoms with Crippen molar-refractivity contribution in [2.75, 3.05) is 31.6 Å². The number of carbonyl (C=O) groups excluding carboxylic acids is 1. The summed E-state index contributed by atoms with van der Waals surface area (Å²) in [6.07, 6.45) is 0. The predicted molar refractivity (Wildman–Crippen MR) is 116 cm³/mol. The Morgan fingerprint density at radius 2 is 1.80 bits per heavy atom. The molecule has 0 spiro atoms. The quantitative estimate of drug-likeness (QED) is 0.533. The maximum Gasteiger partial charge on any atom is 0.243 e. The van der Waals surface area contributed by atoms with Crippen molar-refractivity contribution in [1.29, 1.82) is 0 Å². The molecule has 0 aliphatic carbocycles. The Labute approximate surface area is 181 Å². The number of thioether (sulfide) groups is 1. The Hall–Kier alpha value is -2.01. The number of rotatable bonds is 6. The molecule has 1 saturated heterocycles. The monoisotopic (exact) mass is 450 g/mol. The first-order chi connectivity index (χ1) is 14.2. The van der Waals surface area contributed by atoms with E-state index in [-0.39, 0.29) is 10.8 Å². The Morgan fingerprint density at radius 3 is 2.43 bits per heavy atom. The summed E-state index contributed by atoms with van der Waals surface area (Å²) in [6, 6.07) is 6.31. The van der Waals surface area contributed by atoms with Gasteiger partial charge in [0, 0.05) is 30.2 Å². The number of nitrogens with one attached hydrogen (secondary N) is 1. The van der Waals surface area contributed by atoms with Gasteiger partial charge in [-0.3, -0.25) is 4.79 Å². The summed E-state index contributed by atoms with van der Waals surface area (Å²) in [5, 5.41) is 2.89. The van der Waals surface area contributed by atoms with Crippen LogP contribution in [-0.2, 0) is 19.6 Å². The Morgan fingerprint density at radius 1 is 1.17 bits per heavy atom. The topological polar surface area (TPSA) is 101 Å². The van der Waals surface area contributed by atoms with Crippen molar-refractivity contribution in [3.8, 4) is 0 Å². The van der Waals surface area contributed by atoms with E-state index in [2.05, 4.69) is 15.3 Å². The summed E-state index contributed by atoms with van der Waals surface area (Å²) in [5.41, 5.74) is 3.24. The third-order valence-corrected chi connectivity index (χ3v) is 7.83. The van der Waals surface area contributed by atoms with Crippen LogP contribution in [0.25, 0.3) is 0 Å². The van der Waals surface area contributed by atoms with E-state index in [1.807, 2.05) is 20.8 Å². The van der Waals surface area contributed by atoms with Gasteiger partial charge in [0.1, 0.15) is 0 Å². The minimum atomic E-state index is -3.63. The van der Waals surface area contributed by atoms with Gasteiger partial charge >= 0.3 is 0 Å². The zero-order valence-electron chi connectivity index (χ0n) is 17.5. The molecule has 0 saturated carbocycles. The fourth-order valence-electron chi connectivity index (χ4n) is 2.92. The number of hydrogen-bond donors (Lipinski definition) is 1. The zero-order valence-corrected chi connectivity index (χ0v) is 19.1. The van der Waals surface area contributed by atoms with E-state index in [1.54, 1.807) is 19.1 Å². The molecule has 1 amide bonds. The zero-order chi connectivity index (χ0) is 21.9. The van der Waals surface area contributed by atoms with Crippen LogP contribution in [0.2, 0.25) is 0 Å². The van der Waals surface area contributed by atoms with Crippen molar-refractivity contribution >= 4 is 33.4 Å². The summed E-state index contributed by atoms with van der Waals surface area (Å²) >= 11 is 1.27. The van der Waals surface area contributed by atoms with Crippen molar-refractivity contribution in [3.05, 3.63) is 41.2 Å². The molecular weight excluding hydrogens is 424 g/mol. The second-order valence-corrected chi connectivity index (χ2v) is 10.3. The van der Waals surface area contributed by atoms with E-state index in [1.165, 1.54) is 28.2 Å². The number of aromatic nitrogens is 2. The van der Waals surface area contributed by atoms with Gasteiger partial charge in [0.05, 0.1) is 23.4 Å². The molecule has 2 heterocycles. The van der Waals surface area contributed by atoms with Gasteiger partial charge in [-0.05, 0) is 51.5 Å². The Bertz CT molecular complexity index is 1010. The number of anilines is 1. The normalized spacial score (nSPS) is 16.3. The predicted octanol–water partition coefficient (Wildman–Crippen LogP) is 2.54. The third kappa shape index (κ3) is 5.18. The first kappa shape index (κ1) is 22.7. The van der Waals surface area contributed by atoms with E-state index in [4.69, 9.17) is 4.74 Å². The summed E-state index contributed by atoms with van der Waals surface area (Å²) in [7, 11) is -3.63. The lowest BCUT2D eigenvalue weighted by molar-refractivity contribution is -0.115. The third-order valence-electron chi connectivity index (χ3n) is 4.97. The highest BCUT2D eigenvalue weighted by atomic mass is 32.2. The van der Waals surface area contributed by atoms with E-state index in [0.29, 0.717) is 37.1 Å². The summed E-state index contributed by atoms with van der Waals surface area (Å²) in [5.74, 6) is -0.250. The molecule has 1 aromatic heterocycles. The van der Waals surface area contributed by atoms with Gasteiger partial charge in [-0.25, -0.2) is 18.4 Å². The number of carbonyl (C=O) groups is 1. The number of amides is 1. The van der Waals surface area contributed by atoms with Crippen molar-refractivity contribution in [1.82, 2.24) is 14.3 Å². The summed E-state index contributed by atoms with van der Waals surface area (Å²) in [4.78, 5) is 21.7. The molecule has 30 heavy (non-hydrogen) atoms. The second-order valence-electron chi connectivity index (χ2n) is 7.10. The van der Waals surface area contributed by atoms with E-state index >= 15 is 0 Å². The van der Waals surface area contributed by atoms with Gasteiger partial charge in [0.15, 0.2) is 5.16 Å². The van der Waals surface area contributed by atoms with E-state index < -0.39 is 15.3 Å². The SMILES string of the molecule is Cc1nc(SC(C)C(=O)Nc2cccc(S(=O)(=O)N3CCOCC3)c2)nc(C)c1C. The highest BCUT2D eigenvalue weighted by Gasteiger charge is 2.26. The molecule has 10 heteroatoms. The molecule has 1 aliphatic rings. The molecule has 3 rings (SSSR count). The number of sulfonamides is 1. The summed E-state index contributed by atoms with van der Waals surface area (Å²) < 4.78 is 32.3. The lowest BCUT2D eigenvalue weighted by Gasteiger charge is -2.26. The maximum absolute atomic E-state index is 12.8. The molecule has 1 aromatic carbocycles. The van der Waals surface area contributed by atoms with Crippen LogP contribution in [0, 0.1) is 20.8 Å². The van der Waals surface area contributed by atoms with E-state index in [0.717, 1.165) is 17.0 Å². The van der Waals surface area contributed by atoms with Gasteiger partial charge in [0.25, 0.3) is 0 Å². The van der Waals surface area contributed by atoms with Crippen LogP contribution in [0.1, 0.15) is 23.9 Å². The minimum Gasteiger partial charge on any atom is -0.379 e. The molecular formula is C20H26N4O4S2. The van der Waals surface area contributed by atoms with Crippen LogP contribution in [-0.4, -0.2) is 60.2 Å². The lowest BCUT2D eigenvalue weighted by atomic mass is 10.2. The first-order valence-electron chi connectivity index (χ1n) is 9.66. The molecule has 1 N–H and O–H groups in total. The minimum absolute atomic E-state index is 0.149. The first-order valence-corrected chi connectivity index (χ1v) is 12.0. The molecule has 1 atom stereocenters. The highest BCUT2D eigenvalue weighted by molar-refractivity contribution is 8.00. The molecule has 1 fully saturated rings. The van der Waals surface area contributed by atoms with Crippen LogP contribution in [0.3, 0.4) is 0 Å². The fraction of sp³-hybridized carbons (Fsp3) is 0.450. The van der Waals surface area contributed by atoms with Crippen LogP contribution >= 0.6 is 11.8 Å². The van der Waals surface area contributed by atoms with Gasteiger partial charge in [-0.1, -0.05) is 17.8 Å². The molecule has 162 valence electrons. The summed E-state index contributed by atoms with van der Waals surface area (Å²) in [6.45, 7) is 8.96. The average Bonchev–Trinajstić information content (AvgIpc) is 2.72. The number of benzene rings is 1. The second kappa shape index (κ2) is 9.42. The van der Waals surface area contributed by atoms with Crippen LogP contribution < -0.4 is 5.32 Å². The number of aryl methyl sites for hydroxylation is 2. The molecule has 0 bridgehead atoms. The molecule has 1 unspecified atom stereocenters. The van der Waals surface area contributed by atoms with Crippen molar-refractivity contribution in [3.63, 3.8) is 0 Å². The number of morpholine rings is 1. The van der Waals surface area contributed by atoms with Gasteiger partial charge < -0.3 is 10.1 Å². The van der Waals surface area contributed by atoms with Crippen LogP contribution in [0.4, 0.5) is 5.69 Å². The maximum atomic E-state index is 12.8. The van der Waals surface area contributed by atoms with Gasteiger partial charge in [-0.15, -0.1) is 0 Å². The lowest BCUT2D eigenvalue weighted by Crippen LogP contribution is -2.40. The van der Waals surface area contributed by atoms with Crippen molar-refractivity contribution in [2.45, 2.75) is 43.0 Å². The standard InChI is InChI=1S/C20H26N4O4S2/c1-13-14(2)21-20(22-15(13)3)29-16(4)19(25)23-17-6-5-7-18(12-17)30(26,27)24-8-10-28-11-9-24/h5-7,12,16H,8-11H2,1-4H3,(H,23,25). The van der Waals surface area contributed by atoms with Gasteiger partial charge in [-0.2, -0.15) is 4.31 Å². The van der Waals surface area contributed by atoms with Gasteiger partial charge in [0.2, 0.25) is 15.9 Å². The molecule has 8 nitrogen and oxygen atoms in total. The average molecular weight is 451 g/mol. The van der Waals surface area contributed by atoms with Crippen LogP contribution in [0.15, 0.2) is 34.3 Å². The number of ether oxygens (including phenoxy) is 1. The fourth-order valence-corrected chi connectivity index (χ4v) is 5.24. The highest BCUT2D eigenvalue weighted by Crippen LogP contribution is 2.24. The van der Waals surface area contributed by atoms with E-state index in [9.17, 15) is 13.2 Å². The van der Waals surface area contributed by atoms with Crippen LogP contribution in [0.5, 0.6) is 0 Å². The Balaban J connectivity index is 1.70.